The zero-order valence-electron chi connectivity index (χ0n) is 15.8. The molecule has 0 saturated carbocycles. The Bertz CT molecular complexity index is 1140. The number of Topliss-reactive ketones (excluding diaryl/α,β-unsaturated/α-hetero) is 1. The molecule has 2 amide bonds. The summed E-state index contributed by atoms with van der Waals surface area (Å²) in [6.07, 6.45) is 1.28. The molecule has 12 heteroatoms. The molecule has 1 aliphatic heterocycles. The molecule has 2 aromatic rings. The first-order chi connectivity index (χ1) is 14.7. The fourth-order valence-electron chi connectivity index (χ4n) is 2.73. The number of carbonyl (C=O) groups is 3. The van der Waals surface area contributed by atoms with Gasteiger partial charge in [-0.3, -0.25) is 39.5 Å². The van der Waals surface area contributed by atoms with Gasteiger partial charge in [0.15, 0.2) is 5.78 Å². The van der Waals surface area contributed by atoms with Crippen molar-refractivity contribution in [3.8, 4) is 5.75 Å². The Labute approximate surface area is 178 Å². The summed E-state index contributed by atoms with van der Waals surface area (Å²) in [5.74, 6) is -1.05. The second kappa shape index (κ2) is 8.75. The van der Waals surface area contributed by atoms with E-state index < -0.39 is 33.3 Å². The molecular formula is C19H13N3O8S. The van der Waals surface area contributed by atoms with Crippen molar-refractivity contribution in [2.45, 2.75) is 0 Å². The van der Waals surface area contributed by atoms with Crippen LogP contribution >= 0.6 is 11.8 Å². The zero-order valence-corrected chi connectivity index (χ0v) is 16.7. The van der Waals surface area contributed by atoms with E-state index in [1.54, 1.807) is 0 Å². The number of imide groups is 1. The number of nitro groups is 2. The third-order valence-electron chi connectivity index (χ3n) is 4.29. The quantitative estimate of drug-likeness (QED) is 0.271. The van der Waals surface area contributed by atoms with E-state index in [9.17, 15) is 34.6 Å². The smallest absolute Gasteiger partial charge is 0.293 e. The van der Waals surface area contributed by atoms with E-state index >= 15 is 0 Å². The standard InChI is InChI=1S/C19H13N3O8S/c1-30-16-7-6-14(22(28)29)8-12(16)9-17-18(24)20(19(25)31-17)10-15(23)11-2-4-13(5-3-11)21(26)27/h2-9H,10H2,1H3/b17-9+. The van der Waals surface area contributed by atoms with Gasteiger partial charge >= 0.3 is 0 Å². The molecular weight excluding hydrogens is 430 g/mol. The minimum atomic E-state index is -0.737. The number of hydrogen-bond donors (Lipinski definition) is 0. The molecule has 0 radical (unpaired) electrons. The Hall–Kier alpha value is -4.06. The highest BCUT2D eigenvalue weighted by molar-refractivity contribution is 8.18. The van der Waals surface area contributed by atoms with Gasteiger partial charge in [0.05, 0.1) is 28.4 Å². The number of methoxy groups -OCH3 is 1. The van der Waals surface area contributed by atoms with Crippen LogP contribution in [0.25, 0.3) is 6.08 Å². The molecule has 1 aliphatic rings. The van der Waals surface area contributed by atoms with Crippen molar-refractivity contribution in [1.29, 1.82) is 0 Å². The van der Waals surface area contributed by atoms with Crippen LogP contribution in [0.3, 0.4) is 0 Å². The third-order valence-corrected chi connectivity index (χ3v) is 5.19. The molecule has 0 aromatic heterocycles. The van der Waals surface area contributed by atoms with Crippen LogP contribution in [0.2, 0.25) is 0 Å². The molecule has 0 unspecified atom stereocenters. The summed E-state index contributed by atoms with van der Waals surface area (Å²) in [7, 11) is 1.35. The van der Waals surface area contributed by atoms with Gasteiger partial charge in [-0.15, -0.1) is 0 Å². The van der Waals surface area contributed by atoms with E-state index in [0.29, 0.717) is 11.8 Å². The van der Waals surface area contributed by atoms with Gasteiger partial charge in [-0.05, 0) is 36.0 Å². The molecule has 31 heavy (non-hydrogen) atoms. The van der Waals surface area contributed by atoms with Crippen molar-refractivity contribution >= 4 is 46.1 Å². The molecule has 11 nitrogen and oxygen atoms in total. The third kappa shape index (κ3) is 4.59. The van der Waals surface area contributed by atoms with Crippen molar-refractivity contribution in [2.75, 3.05) is 13.7 Å². The lowest BCUT2D eigenvalue weighted by Crippen LogP contribution is -2.33. The number of carbonyl (C=O) groups excluding carboxylic acids is 3. The fourth-order valence-corrected chi connectivity index (χ4v) is 3.56. The van der Waals surface area contributed by atoms with Crippen molar-refractivity contribution in [3.05, 3.63) is 78.7 Å². The molecule has 0 atom stereocenters. The number of nitro benzene ring substituents is 2. The molecule has 0 spiro atoms. The number of benzene rings is 2. The number of non-ortho nitro benzene ring substituents is 2. The van der Waals surface area contributed by atoms with E-state index in [4.69, 9.17) is 4.74 Å². The Morgan fingerprint density at radius 2 is 1.68 bits per heavy atom. The number of ketones is 1. The maximum atomic E-state index is 12.6. The Morgan fingerprint density at radius 3 is 2.26 bits per heavy atom. The summed E-state index contributed by atoms with van der Waals surface area (Å²) in [5, 5.41) is 21.0. The van der Waals surface area contributed by atoms with E-state index in [2.05, 4.69) is 0 Å². The average Bonchev–Trinajstić information content (AvgIpc) is 3.00. The summed E-state index contributed by atoms with van der Waals surface area (Å²) in [5.41, 5.74) is -0.0888. The predicted octanol–water partition coefficient (Wildman–Crippen LogP) is 3.43. The second-order valence-electron chi connectivity index (χ2n) is 6.18. The Morgan fingerprint density at radius 1 is 1.06 bits per heavy atom. The molecule has 3 rings (SSSR count). The van der Waals surface area contributed by atoms with Crippen molar-refractivity contribution in [1.82, 2.24) is 4.90 Å². The van der Waals surface area contributed by atoms with Gasteiger partial charge in [0.25, 0.3) is 22.5 Å². The van der Waals surface area contributed by atoms with Gasteiger partial charge < -0.3 is 4.74 Å². The number of nitrogens with zero attached hydrogens (tertiary/aromatic N) is 3. The molecule has 1 fully saturated rings. The van der Waals surface area contributed by atoms with Crippen molar-refractivity contribution < 1.29 is 29.0 Å². The maximum Gasteiger partial charge on any atom is 0.293 e. The number of rotatable bonds is 7. The van der Waals surface area contributed by atoms with Crippen LogP contribution in [-0.4, -0.2) is 45.3 Å². The predicted molar refractivity (Wildman–Crippen MR) is 110 cm³/mol. The zero-order chi connectivity index (χ0) is 22.7. The molecule has 1 saturated heterocycles. The van der Waals surface area contributed by atoms with Crippen LogP contribution in [0, 0.1) is 20.2 Å². The highest BCUT2D eigenvalue weighted by atomic mass is 32.2. The van der Waals surface area contributed by atoms with Gasteiger partial charge in [0.2, 0.25) is 0 Å². The largest absolute Gasteiger partial charge is 0.496 e. The molecule has 0 N–H and O–H groups in total. The minimum Gasteiger partial charge on any atom is -0.496 e. The fraction of sp³-hybridized carbons (Fsp3) is 0.105. The highest BCUT2D eigenvalue weighted by Gasteiger charge is 2.36. The van der Waals surface area contributed by atoms with Gasteiger partial charge in [-0.2, -0.15) is 0 Å². The normalized spacial score (nSPS) is 14.7. The van der Waals surface area contributed by atoms with Crippen molar-refractivity contribution in [2.24, 2.45) is 0 Å². The summed E-state index contributed by atoms with van der Waals surface area (Å²) < 4.78 is 5.14. The first-order valence-corrected chi connectivity index (χ1v) is 9.38. The average molecular weight is 443 g/mol. The maximum absolute atomic E-state index is 12.6. The lowest BCUT2D eigenvalue weighted by atomic mass is 10.1. The number of thioether (sulfide) groups is 1. The lowest BCUT2D eigenvalue weighted by Gasteiger charge is -2.11. The number of hydrogen-bond acceptors (Lipinski definition) is 9. The summed E-state index contributed by atoms with van der Waals surface area (Å²) >= 11 is 0.585. The second-order valence-corrected chi connectivity index (χ2v) is 7.17. The van der Waals surface area contributed by atoms with Gasteiger partial charge in [-0.1, -0.05) is 0 Å². The first-order valence-electron chi connectivity index (χ1n) is 8.56. The van der Waals surface area contributed by atoms with Crippen LogP contribution in [0.1, 0.15) is 15.9 Å². The van der Waals surface area contributed by atoms with Gasteiger partial charge in [0, 0.05) is 35.4 Å². The van der Waals surface area contributed by atoms with Crippen LogP contribution < -0.4 is 4.74 Å². The minimum absolute atomic E-state index is 0.0275. The molecule has 0 aliphatic carbocycles. The van der Waals surface area contributed by atoms with E-state index in [1.165, 1.54) is 43.5 Å². The molecule has 158 valence electrons. The van der Waals surface area contributed by atoms with Gasteiger partial charge in [0.1, 0.15) is 5.75 Å². The molecule has 2 aromatic carbocycles. The summed E-state index contributed by atoms with van der Waals surface area (Å²) in [4.78, 5) is 58.5. The summed E-state index contributed by atoms with van der Waals surface area (Å²) in [6, 6.07) is 8.59. The first kappa shape index (κ1) is 21.6. The number of ether oxygens (including phenoxy) is 1. The topological polar surface area (TPSA) is 150 Å². The highest BCUT2D eigenvalue weighted by Crippen LogP contribution is 2.35. The SMILES string of the molecule is COc1ccc([N+](=O)[O-])cc1/C=C1/SC(=O)N(CC(=O)c2ccc([N+](=O)[O-])cc2)C1=O. The van der Waals surface area contributed by atoms with Crippen molar-refractivity contribution in [3.63, 3.8) is 0 Å². The van der Waals surface area contributed by atoms with E-state index in [1.807, 2.05) is 0 Å². The Kier molecular flexibility index (Phi) is 6.11. The molecule has 1 heterocycles. The van der Waals surface area contributed by atoms with Crippen LogP contribution in [0.4, 0.5) is 16.2 Å². The van der Waals surface area contributed by atoms with Gasteiger partial charge in [-0.25, -0.2) is 0 Å². The molecule has 0 bridgehead atoms. The summed E-state index contributed by atoms with van der Waals surface area (Å²) in [6.45, 7) is -0.550. The number of amides is 2. The van der Waals surface area contributed by atoms with E-state index in [0.717, 1.165) is 17.0 Å². The van der Waals surface area contributed by atoms with Crippen LogP contribution in [0.15, 0.2) is 47.4 Å². The lowest BCUT2D eigenvalue weighted by molar-refractivity contribution is -0.385. The monoisotopic (exact) mass is 443 g/mol. The Balaban J connectivity index is 1.82. The van der Waals surface area contributed by atoms with E-state index in [-0.39, 0.29) is 33.2 Å². The van der Waals surface area contributed by atoms with Crippen LogP contribution in [-0.2, 0) is 4.79 Å². The van der Waals surface area contributed by atoms with Crippen LogP contribution in [0.5, 0.6) is 5.75 Å².